The zero-order valence-corrected chi connectivity index (χ0v) is 19.2. The molecule has 0 saturated heterocycles. The minimum Gasteiger partial charge on any atom is -0.481 e. The van der Waals surface area contributed by atoms with Gasteiger partial charge in [-0.05, 0) is 25.7 Å². The molecule has 7 heteroatoms. The van der Waals surface area contributed by atoms with Crippen LogP contribution in [0.1, 0.15) is 116 Å². The summed E-state index contributed by atoms with van der Waals surface area (Å²) < 4.78 is 0. The second-order valence-electron chi connectivity index (χ2n) is 8.49. The molecule has 0 aliphatic carbocycles. The monoisotopic (exact) mass is 440 g/mol. The van der Waals surface area contributed by atoms with Crippen molar-refractivity contribution in [2.45, 2.75) is 122 Å². The lowest BCUT2D eigenvalue weighted by atomic mass is 10.0. The van der Waals surface area contributed by atoms with Crippen LogP contribution in [0, 0.1) is 0 Å². The van der Waals surface area contributed by atoms with Crippen molar-refractivity contribution in [1.29, 1.82) is 0 Å². The third kappa shape index (κ3) is 21.0. The van der Waals surface area contributed by atoms with Gasteiger partial charge in [-0.2, -0.15) is 0 Å². The normalized spacial score (nSPS) is 11.7. The van der Waals surface area contributed by atoms with Gasteiger partial charge in [-0.25, -0.2) is 4.79 Å². The molecule has 0 aromatic rings. The molecule has 0 radical (unpaired) electrons. The van der Waals surface area contributed by atoms with Crippen LogP contribution in [0.5, 0.6) is 0 Å². The molecule has 0 unspecified atom stereocenters. The average molecular weight is 441 g/mol. The van der Waals surface area contributed by atoms with Crippen molar-refractivity contribution in [2.24, 2.45) is 5.73 Å². The van der Waals surface area contributed by atoms with Crippen LogP contribution in [0.15, 0.2) is 12.3 Å². The third-order valence-corrected chi connectivity index (χ3v) is 5.48. The summed E-state index contributed by atoms with van der Waals surface area (Å²) in [5.74, 6) is -2.17. The second-order valence-corrected chi connectivity index (χ2v) is 8.49. The number of aliphatic carboxylic acids is 2. The first-order valence-corrected chi connectivity index (χ1v) is 12.0. The first-order valence-electron chi connectivity index (χ1n) is 12.0. The van der Waals surface area contributed by atoms with Crippen LogP contribution in [0.3, 0.4) is 0 Å². The van der Waals surface area contributed by atoms with E-state index >= 15 is 0 Å². The number of hydrogen-bond donors (Lipinski definition) is 4. The van der Waals surface area contributed by atoms with Gasteiger partial charge in [-0.3, -0.25) is 9.59 Å². The Bertz CT molecular complexity index is 522. The highest BCUT2D eigenvalue weighted by molar-refractivity contribution is 5.77. The van der Waals surface area contributed by atoms with E-state index in [0.29, 0.717) is 12.1 Å². The van der Waals surface area contributed by atoms with E-state index in [4.69, 9.17) is 10.8 Å². The van der Waals surface area contributed by atoms with Crippen LogP contribution in [0.4, 0.5) is 0 Å². The number of carbonyl (C=O) groups is 3. The maximum atomic E-state index is 11.2. The Morgan fingerprint density at radius 1 is 0.677 bits per heavy atom. The average Bonchev–Trinajstić information content (AvgIpc) is 2.70. The number of carboxylic acids is 2. The summed E-state index contributed by atoms with van der Waals surface area (Å²) in [7, 11) is 0. The van der Waals surface area contributed by atoms with Crippen LogP contribution >= 0.6 is 0 Å². The van der Waals surface area contributed by atoms with Gasteiger partial charge in [-0.15, -0.1) is 0 Å². The van der Waals surface area contributed by atoms with Crippen LogP contribution in [0.2, 0.25) is 0 Å². The number of primary amides is 1. The Morgan fingerprint density at radius 2 is 1.06 bits per heavy atom. The first-order chi connectivity index (χ1) is 14.8. The summed E-state index contributed by atoms with van der Waals surface area (Å²) in [4.78, 5) is 32.4. The van der Waals surface area contributed by atoms with Crippen molar-refractivity contribution in [1.82, 2.24) is 5.32 Å². The lowest BCUT2D eigenvalue weighted by Gasteiger charge is -2.17. The number of nitrogens with two attached hydrogens (primary N) is 1. The molecule has 0 rings (SSSR count). The first kappa shape index (κ1) is 28.9. The fourth-order valence-electron chi connectivity index (χ4n) is 3.60. The van der Waals surface area contributed by atoms with E-state index in [1.807, 2.05) is 0 Å². The molecule has 0 aliphatic heterocycles. The van der Waals surface area contributed by atoms with Crippen LogP contribution in [0.25, 0.3) is 0 Å². The fraction of sp³-hybridized carbons (Fsp3) is 0.792. The van der Waals surface area contributed by atoms with Gasteiger partial charge in [0.25, 0.3) is 0 Å². The Morgan fingerprint density at radius 3 is 1.42 bits per heavy atom. The Labute approximate surface area is 187 Å². The number of carboxylic acid groups (broad SMARTS) is 2. The molecule has 0 bridgehead atoms. The molecule has 180 valence electrons. The number of nitrogens with one attached hydrogen (secondary N) is 1. The standard InChI is InChI=1S/C24H44N2O5/c1-20(26-21(24(30)31)18-19-22(25)27)16-14-12-10-8-6-4-2-3-5-7-9-11-13-15-17-23(28)29/h21,26H,1-19H2,(H2,25,27)(H,28,29)(H,30,31)/t21-/m0/s1. The summed E-state index contributed by atoms with van der Waals surface area (Å²) in [6, 6.07) is -0.808. The van der Waals surface area contributed by atoms with Gasteiger partial charge in [-0.1, -0.05) is 83.6 Å². The number of rotatable bonds is 23. The minimum atomic E-state index is -0.988. The van der Waals surface area contributed by atoms with E-state index in [1.165, 1.54) is 57.8 Å². The lowest BCUT2D eigenvalue weighted by molar-refractivity contribution is -0.139. The van der Waals surface area contributed by atoms with Crippen molar-refractivity contribution < 1.29 is 24.6 Å². The van der Waals surface area contributed by atoms with Gasteiger partial charge in [0.2, 0.25) is 5.91 Å². The van der Waals surface area contributed by atoms with Crippen LogP contribution < -0.4 is 11.1 Å². The van der Waals surface area contributed by atoms with Gasteiger partial charge < -0.3 is 21.3 Å². The molecular weight excluding hydrogens is 396 g/mol. The SMILES string of the molecule is C=C(CCCCCCCCCCCCCCCCC(=O)O)N[C@@H](CCC(N)=O)C(=O)O. The molecule has 0 aliphatic rings. The zero-order valence-electron chi connectivity index (χ0n) is 19.2. The van der Waals surface area contributed by atoms with Crippen molar-refractivity contribution in [3.8, 4) is 0 Å². The van der Waals surface area contributed by atoms with E-state index in [0.717, 1.165) is 38.5 Å². The Hall–Kier alpha value is -2.05. The molecule has 0 aromatic heterocycles. The molecule has 0 spiro atoms. The summed E-state index contributed by atoms with van der Waals surface area (Å²) in [5.41, 5.74) is 5.79. The van der Waals surface area contributed by atoms with E-state index in [9.17, 15) is 19.5 Å². The van der Waals surface area contributed by atoms with E-state index in [2.05, 4.69) is 11.9 Å². The Kier molecular flexibility index (Phi) is 18.6. The van der Waals surface area contributed by atoms with Gasteiger partial charge in [0.1, 0.15) is 6.04 Å². The largest absolute Gasteiger partial charge is 0.481 e. The second kappa shape index (κ2) is 19.9. The molecule has 0 fully saturated rings. The van der Waals surface area contributed by atoms with Crippen molar-refractivity contribution >= 4 is 17.8 Å². The number of carbonyl (C=O) groups excluding carboxylic acids is 1. The predicted molar refractivity (Wildman–Crippen MR) is 124 cm³/mol. The van der Waals surface area contributed by atoms with Gasteiger partial charge >= 0.3 is 11.9 Å². The van der Waals surface area contributed by atoms with Crippen molar-refractivity contribution in [3.63, 3.8) is 0 Å². The number of unbranched alkanes of at least 4 members (excludes halogenated alkanes) is 13. The maximum Gasteiger partial charge on any atom is 0.326 e. The molecule has 0 saturated carbocycles. The van der Waals surface area contributed by atoms with Crippen LogP contribution in [-0.2, 0) is 14.4 Å². The number of allylic oxidation sites excluding steroid dienone is 1. The summed E-state index contributed by atoms with van der Waals surface area (Å²) in [6.45, 7) is 3.90. The molecule has 0 heterocycles. The topological polar surface area (TPSA) is 130 Å². The number of hydrogen-bond acceptors (Lipinski definition) is 4. The summed E-state index contributed by atoms with van der Waals surface area (Å²) in [6.07, 6.45) is 17.7. The molecular formula is C24H44N2O5. The van der Waals surface area contributed by atoms with Gasteiger partial charge in [0.05, 0.1) is 0 Å². The molecule has 7 nitrogen and oxygen atoms in total. The highest BCUT2D eigenvalue weighted by Crippen LogP contribution is 2.14. The predicted octanol–water partition coefficient (Wildman–Crippen LogP) is 5.13. The highest BCUT2D eigenvalue weighted by atomic mass is 16.4. The third-order valence-electron chi connectivity index (χ3n) is 5.48. The maximum absolute atomic E-state index is 11.2. The fourth-order valence-corrected chi connectivity index (χ4v) is 3.60. The van der Waals surface area contributed by atoms with Gasteiger partial charge in [0.15, 0.2) is 0 Å². The summed E-state index contributed by atoms with van der Waals surface area (Å²) >= 11 is 0. The van der Waals surface area contributed by atoms with E-state index in [-0.39, 0.29) is 12.8 Å². The molecule has 0 aromatic carbocycles. The van der Waals surface area contributed by atoms with E-state index < -0.39 is 23.9 Å². The molecule has 1 atom stereocenters. The van der Waals surface area contributed by atoms with Gasteiger partial charge in [0, 0.05) is 18.5 Å². The highest BCUT2D eigenvalue weighted by Gasteiger charge is 2.18. The number of amides is 1. The molecule has 31 heavy (non-hydrogen) atoms. The molecule has 5 N–H and O–H groups in total. The van der Waals surface area contributed by atoms with Crippen molar-refractivity contribution in [2.75, 3.05) is 0 Å². The Balaban J connectivity index is 3.43. The quantitative estimate of drug-likeness (QED) is 0.163. The lowest BCUT2D eigenvalue weighted by Crippen LogP contribution is -2.36. The van der Waals surface area contributed by atoms with E-state index in [1.54, 1.807) is 0 Å². The van der Waals surface area contributed by atoms with Crippen molar-refractivity contribution in [3.05, 3.63) is 12.3 Å². The molecule has 1 amide bonds. The minimum absolute atomic E-state index is 0.0475. The smallest absolute Gasteiger partial charge is 0.326 e. The van der Waals surface area contributed by atoms with Crippen LogP contribution in [-0.4, -0.2) is 34.1 Å². The summed E-state index contributed by atoms with van der Waals surface area (Å²) in [5, 5.41) is 20.7. The zero-order chi connectivity index (χ0) is 23.3.